The van der Waals surface area contributed by atoms with Crippen LogP contribution in [0, 0.1) is 11.8 Å². The first kappa shape index (κ1) is 16.7. The van der Waals surface area contributed by atoms with Crippen molar-refractivity contribution in [3.63, 3.8) is 0 Å². The Bertz CT molecular complexity index is 767. The lowest BCUT2D eigenvalue weighted by Crippen LogP contribution is -2.41. The quantitative estimate of drug-likeness (QED) is 0.858. The molecule has 0 bridgehead atoms. The van der Waals surface area contributed by atoms with Crippen LogP contribution in [-0.4, -0.2) is 28.7 Å². The van der Waals surface area contributed by atoms with Crippen molar-refractivity contribution in [3.05, 3.63) is 40.3 Å². The van der Waals surface area contributed by atoms with Crippen LogP contribution in [0.4, 0.5) is 18.0 Å². The predicted octanol–water partition coefficient (Wildman–Crippen LogP) is 3.72. The van der Waals surface area contributed by atoms with Gasteiger partial charge in [0, 0.05) is 24.0 Å². The van der Waals surface area contributed by atoms with E-state index < -0.39 is 22.9 Å². The molecule has 9 heteroatoms. The van der Waals surface area contributed by atoms with Crippen molar-refractivity contribution < 1.29 is 22.7 Å². The summed E-state index contributed by atoms with van der Waals surface area (Å²) in [5.74, 6) is 0.304. The molecule has 1 N–H and O–H groups in total. The molecule has 25 heavy (non-hydrogen) atoms. The number of hydrogen-bond acceptors (Lipinski definition) is 4. The van der Waals surface area contributed by atoms with Crippen LogP contribution in [0.2, 0.25) is 5.02 Å². The second kappa shape index (κ2) is 5.60. The molecule has 2 saturated carbocycles. The van der Waals surface area contributed by atoms with Gasteiger partial charge in [-0.2, -0.15) is 13.2 Å². The molecular weight excluding hydrogens is 359 g/mol. The third-order valence-electron chi connectivity index (χ3n) is 5.05. The van der Waals surface area contributed by atoms with Crippen molar-refractivity contribution in [2.24, 2.45) is 11.8 Å². The number of pyridine rings is 1. The largest absolute Gasteiger partial charge is 0.449 e. The standard InChI is InChI=1S/C16H15ClF3N3O2/c1-2-25-15(24)23-6-7-3-8-12(13(8)14(7)22-23)11-4-9(16(18,19)20)10(17)5-21-11/h4-6,8,12-14,22H,2-3H2,1H3/t8-,12?,13+,14?/m0/s1. The van der Waals surface area contributed by atoms with Crippen molar-refractivity contribution in [2.45, 2.75) is 31.5 Å². The number of fused-ring (bicyclic) bond motifs is 3. The van der Waals surface area contributed by atoms with Gasteiger partial charge in [-0.3, -0.25) is 4.98 Å². The third kappa shape index (κ3) is 2.67. The van der Waals surface area contributed by atoms with Crippen molar-refractivity contribution >= 4 is 17.7 Å². The molecule has 4 atom stereocenters. The third-order valence-corrected chi connectivity index (χ3v) is 5.35. The van der Waals surface area contributed by atoms with E-state index in [1.807, 2.05) is 0 Å². The van der Waals surface area contributed by atoms with Crippen LogP contribution in [-0.2, 0) is 10.9 Å². The Labute approximate surface area is 146 Å². The average Bonchev–Trinajstić information content (AvgIpc) is 2.89. The Balaban J connectivity index is 1.52. The highest BCUT2D eigenvalue weighted by Gasteiger charge is 2.63. The SMILES string of the molecule is CCOC(=O)N1C=C2C[C@H]3C(c4cc(C(F)(F)F)c(Cl)cn4)[C@@H]3C2N1. The van der Waals surface area contributed by atoms with E-state index in [4.69, 9.17) is 16.3 Å². The highest BCUT2D eigenvalue weighted by atomic mass is 35.5. The zero-order valence-corrected chi connectivity index (χ0v) is 13.9. The Hall–Kier alpha value is -1.80. The molecule has 2 fully saturated rings. The van der Waals surface area contributed by atoms with Crippen molar-refractivity contribution in [3.8, 4) is 0 Å². The Morgan fingerprint density at radius 2 is 2.28 bits per heavy atom. The summed E-state index contributed by atoms with van der Waals surface area (Å²) in [6.45, 7) is 1.99. The number of nitrogens with one attached hydrogen (secondary N) is 1. The Kier molecular flexibility index (Phi) is 3.73. The molecule has 2 unspecified atom stereocenters. The van der Waals surface area contributed by atoms with E-state index in [0.29, 0.717) is 5.69 Å². The van der Waals surface area contributed by atoms with Gasteiger partial charge in [0.05, 0.1) is 23.2 Å². The number of rotatable bonds is 2. The van der Waals surface area contributed by atoms with Gasteiger partial charge in [-0.15, -0.1) is 0 Å². The molecule has 3 aliphatic rings. The van der Waals surface area contributed by atoms with E-state index in [-0.39, 0.29) is 30.4 Å². The lowest BCUT2D eigenvalue weighted by atomic mass is 10.0. The number of hydrazine groups is 1. The van der Waals surface area contributed by atoms with Crippen LogP contribution in [0.5, 0.6) is 0 Å². The molecule has 2 heterocycles. The highest BCUT2D eigenvalue weighted by Crippen LogP contribution is 2.65. The van der Waals surface area contributed by atoms with Crippen molar-refractivity contribution in [1.29, 1.82) is 0 Å². The van der Waals surface area contributed by atoms with E-state index in [9.17, 15) is 18.0 Å². The first-order valence-electron chi connectivity index (χ1n) is 7.96. The Morgan fingerprint density at radius 1 is 1.52 bits per heavy atom. The highest BCUT2D eigenvalue weighted by molar-refractivity contribution is 6.31. The number of alkyl halides is 3. The van der Waals surface area contributed by atoms with Gasteiger partial charge in [0.1, 0.15) is 0 Å². The van der Waals surface area contributed by atoms with Crippen LogP contribution < -0.4 is 5.43 Å². The van der Waals surface area contributed by atoms with Crippen LogP contribution in [0.3, 0.4) is 0 Å². The number of hydrogen-bond donors (Lipinski definition) is 1. The van der Waals surface area contributed by atoms with Crippen LogP contribution in [0.15, 0.2) is 24.0 Å². The van der Waals surface area contributed by atoms with Gasteiger partial charge in [0.2, 0.25) is 0 Å². The fraction of sp³-hybridized carbons (Fsp3) is 0.500. The number of amides is 1. The number of nitrogens with zero attached hydrogens (tertiary/aromatic N) is 2. The molecule has 0 aromatic carbocycles. The predicted molar refractivity (Wildman–Crippen MR) is 82.5 cm³/mol. The first-order chi connectivity index (χ1) is 11.8. The second-order valence-corrected chi connectivity index (χ2v) is 6.84. The minimum absolute atomic E-state index is 0.0600. The molecule has 0 saturated heterocycles. The summed E-state index contributed by atoms with van der Waals surface area (Å²) in [5.41, 5.74) is 3.70. The second-order valence-electron chi connectivity index (χ2n) is 6.44. The topological polar surface area (TPSA) is 54.5 Å². The number of halogens is 4. The lowest BCUT2D eigenvalue weighted by molar-refractivity contribution is -0.137. The van der Waals surface area contributed by atoms with E-state index in [1.165, 1.54) is 5.01 Å². The molecule has 4 rings (SSSR count). The van der Waals surface area contributed by atoms with Gasteiger partial charge in [-0.25, -0.2) is 15.2 Å². The molecule has 1 amide bonds. The van der Waals surface area contributed by atoms with E-state index in [1.54, 1.807) is 13.1 Å². The number of carbonyl (C=O) groups excluding carboxylic acids is 1. The van der Waals surface area contributed by atoms with E-state index in [0.717, 1.165) is 24.3 Å². The summed E-state index contributed by atoms with van der Waals surface area (Å²) in [6, 6.07) is 0.985. The average molecular weight is 374 g/mol. The summed E-state index contributed by atoms with van der Waals surface area (Å²) < 4.78 is 44.1. The molecule has 1 aromatic rings. The maximum Gasteiger partial charge on any atom is 0.428 e. The van der Waals surface area contributed by atoms with Gasteiger partial charge in [0.25, 0.3) is 0 Å². The minimum Gasteiger partial charge on any atom is -0.449 e. The maximum atomic E-state index is 13.0. The normalized spacial score (nSPS) is 30.0. The summed E-state index contributed by atoms with van der Waals surface area (Å²) in [4.78, 5) is 15.9. The minimum atomic E-state index is -4.50. The Morgan fingerprint density at radius 3 is 2.96 bits per heavy atom. The summed E-state index contributed by atoms with van der Waals surface area (Å²) in [6.07, 6.45) is -1.47. The summed E-state index contributed by atoms with van der Waals surface area (Å²) in [7, 11) is 0. The molecule has 1 aromatic heterocycles. The fourth-order valence-electron chi connectivity index (χ4n) is 3.99. The molecule has 1 aliphatic heterocycles. The maximum absolute atomic E-state index is 13.0. The van der Waals surface area contributed by atoms with Gasteiger partial charge in [-0.05, 0) is 36.8 Å². The molecule has 2 aliphatic carbocycles. The van der Waals surface area contributed by atoms with Crippen LogP contribution in [0.25, 0.3) is 0 Å². The van der Waals surface area contributed by atoms with Crippen molar-refractivity contribution in [1.82, 2.24) is 15.4 Å². The molecule has 0 spiro atoms. The molecule has 0 radical (unpaired) electrons. The van der Waals surface area contributed by atoms with Crippen LogP contribution in [0.1, 0.15) is 30.5 Å². The van der Waals surface area contributed by atoms with Gasteiger partial charge >= 0.3 is 12.3 Å². The number of ether oxygens (including phenoxy) is 1. The molecule has 5 nitrogen and oxygen atoms in total. The van der Waals surface area contributed by atoms with Crippen LogP contribution >= 0.6 is 11.6 Å². The number of aromatic nitrogens is 1. The first-order valence-corrected chi connectivity index (χ1v) is 8.34. The fourth-order valence-corrected chi connectivity index (χ4v) is 4.20. The smallest absolute Gasteiger partial charge is 0.428 e. The van der Waals surface area contributed by atoms with E-state index in [2.05, 4.69) is 10.4 Å². The monoisotopic (exact) mass is 373 g/mol. The lowest BCUT2D eigenvalue weighted by Gasteiger charge is -2.17. The zero-order chi connectivity index (χ0) is 17.9. The summed E-state index contributed by atoms with van der Waals surface area (Å²) in [5, 5.41) is 0.918. The summed E-state index contributed by atoms with van der Waals surface area (Å²) >= 11 is 5.64. The van der Waals surface area contributed by atoms with Gasteiger partial charge in [-0.1, -0.05) is 11.6 Å². The molecule has 134 valence electrons. The molecular formula is C16H15ClF3N3O2. The van der Waals surface area contributed by atoms with Gasteiger partial charge < -0.3 is 4.74 Å². The van der Waals surface area contributed by atoms with Gasteiger partial charge in [0.15, 0.2) is 0 Å². The zero-order valence-electron chi connectivity index (χ0n) is 13.2. The number of carbonyl (C=O) groups is 1. The van der Waals surface area contributed by atoms with E-state index >= 15 is 0 Å². The van der Waals surface area contributed by atoms with Crippen molar-refractivity contribution in [2.75, 3.05) is 6.61 Å².